The van der Waals surface area contributed by atoms with E-state index in [0.717, 1.165) is 18.5 Å². The summed E-state index contributed by atoms with van der Waals surface area (Å²) in [5, 5.41) is 2.41. The summed E-state index contributed by atoms with van der Waals surface area (Å²) in [4.78, 5) is 31.9. The van der Waals surface area contributed by atoms with Crippen molar-refractivity contribution in [2.45, 2.75) is 19.4 Å². The van der Waals surface area contributed by atoms with E-state index in [1.807, 2.05) is 23.6 Å². The van der Waals surface area contributed by atoms with E-state index in [1.54, 1.807) is 11.0 Å². The van der Waals surface area contributed by atoms with Crippen LogP contribution in [0.1, 0.15) is 12.0 Å². The van der Waals surface area contributed by atoms with Gasteiger partial charge in [-0.1, -0.05) is 18.2 Å². The summed E-state index contributed by atoms with van der Waals surface area (Å²) in [6, 6.07) is 9.71. The second kappa shape index (κ2) is 5.62. The van der Waals surface area contributed by atoms with Crippen LogP contribution in [0, 0.1) is 0 Å². The summed E-state index contributed by atoms with van der Waals surface area (Å²) in [7, 11) is 0. The van der Waals surface area contributed by atoms with Gasteiger partial charge in [0, 0.05) is 12.2 Å². The summed E-state index contributed by atoms with van der Waals surface area (Å²) in [6.07, 6.45) is 3.40. The van der Waals surface area contributed by atoms with Gasteiger partial charge < -0.3 is 4.90 Å². The Hall–Kier alpha value is -2.47. The Balaban J connectivity index is 1.65. The maximum absolute atomic E-state index is 12.7. The molecule has 0 unspecified atom stereocenters. The summed E-state index contributed by atoms with van der Waals surface area (Å²) >= 11 is 1.43. The molecule has 0 bridgehead atoms. The van der Waals surface area contributed by atoms with E-state index in [9.17, 15) is 9.59 Å². The number of hydrogen-bond acceptors (Lipinski definition) is 4. The third kappa shape index (κ3) is 2.45. The molecular formula is C17H15N3O2S. The third-order valence-corrected chi connectivity index (χ3v) is 4.99. The van der Waals surface area contributed by atoms with Gasteiger partial charge >= 0.3 is 0 Å². The number of benzene rings is 1. The highest BCUT2D eigenvalue weighted by Gasteiger charge is 2.22. The Morgan fingerprint density at radius 3 is 3.04 bits per heavy atom. The van der Waals surface area contributed by atoms with Crippen LogP contribution in [0.3, 0.4) is 0 Å². The van der Waals surface area contributed by atoms with E-state index in [2.05, 4.69) is 11.1 Å². The number of hydrogen-bond donors (Lipinski definition) is 0. The fourth-order valence-electron chi connectivity index (χ4n) is 3.03. The Kier molecular flexibility index (Phi) is 3.46. The number of aromatic nitrogens is 2. The van der Waals surface area contributed by atoms with E-state index in [4.69, 9.17) is 0 Å². The van der Waals surface area contributed by atoms with Gasteiger partial charge in [0.1, 0.15) is 11.4 Å². The highest BCUT2D eigenvalue weighted by atomic mass is 32.1. The predicted octanol–water partition coefficient (Wildman–Crippen LogP) is 2.44. The van der Waals surface area contributed by atoms with Crippen molar-refractivity contribution in [3.05, 3.63) is 58.0 Å². The van der Waals surface area contributed by atoms with Gasteiger partial charge in [0.15, 0.2) is 0 Å². The molecule has 5 nitrogen and oxygen atoms in total. The number of anilines is 1. The first-order valence-corrected chi connectivity index (χ1v) is 8.43. The predicted molar refractivity (Wildman–Crippen MR) is 91.0 cm³/mol. The van der Waals surface area contributed by atoms with E-state index in [1.165, 1.54) is 27.8 Å². The first-order valence-electron chi connectivity index (χ1n) is 7.55. The Morgan fingerprint density at radius 1 is 1.26 bits per heavy atom. The number of amides is 1. The average Bonchev–Trinajstić information content (AvgIpc) is 3.06. The molecule has 1 aromatic carbocycles. The number of para-hydroxylation sites is 1. The molecule has 0 fully saturated rings. The van der Waals surface area contributed by atoms with Crippen LogP contribution in [0.5, 0.6) is 0 Å². The molecule has 4 rings (SSSR count). The fraction of sp³-hybridized carbons (Fsp3) is 0.235. The molecule has 23 heavy (non-hydrogen) atoms. The van der Waals surface area contributed by atoms with Crippen molar-refractivity contribution in [3.8, 4) is 0 Å². The molecule has 1 amide bonds. The van der Waals surface area contributed by atoms with E-state index >= 15 is 0 Å². The highest BCUT2D eigenvalue weighted by Crippen LogP contribution is 2.26. The molecule has 0 N–H and O–H groups in total. The molecule has 0 radical (unpaired) electrons. The van der Waals surface area contributed by atoms with Gasteiger partial charge in [-0.25, -0.2) is 4.98 Å². The Labute approximate surface area is 136 Å². The highest BCUT2D eigenvalue weighted by molar-refractivity contribution is 7.16. The summed E-state index contributed by atoms with van der Waals surface area (Å²) in [6.45, 7) is 0.713. The molecule has 3 aromatic rings. The molecular weight excluding hydrogens is 310 g/mol. The lowest BCUT2D eigenvalue weighted by Crippen LogP contribution is -2.39. The van der Waals surface area contributed by atoms with Crippen LogP contribution in [-0.2, 0) is 17.8 Å². The molecule has 2 aromatic heterocycles. The average molecular weight is 325 g/mol. The lowest BCUT2D eigenvalue weighted by molar-refractivity contribution is -0.119. The summed E-state index contributed by atoms with van der Waals surface area (Å²) in [5.74, 6) is -0.0735. The zero-order valence-electron chi connectivity index (χ0n) is 12.4. The minimum absolute atomic E-state index is 0.0198. The van der Waals surface area contributed by atoms with Crippen molar-refractivity contribution in [1.29, 1.82) is 0 Å². The zero-order valence-corrected chi connectivity index (χ0v) is 13.3. The number of aryl methyl sites for hydroxylation is 1. The van der Waals surface area contributed by atoms with Crippen LogP contribution >= 0.6 is 11.3 Å². The van der Waals surface area contributed by atoms with E-state index < -0.39 is 0 Å². The van der Waals surface area contributed by atoms with Gasteiger partial charge in [-0.2, -0.15) is 0 Å². The van der Waals surface area contributed by atoms with E-state index in [0.29, 0.717) is 16.8 Å². The lowest BCUT2D eigenvalue weighted by atomic mass is 10.0. The van der Waals surface area contributed by atoms with Gasteiger partial charge in [-0.05, 0) is 35.9 Å². The second-order valence-corrected chi connectivity index (χ2v) is 6.49. The van der Waals surface area contributed by atoms with Crippen LogP contribution in [-0.4, -0.2) is 22.0 Å². The minimum atomic E-state index is -0.158. The van der Waals surface area contributed by atoms with Crippen molar-refractivity contribution in [1.82, 2.24) is 9.55 Å². The number of fused-ring (bicyclic) bond motifs is 2. The summed E-state index contributed by atoms with van der Waals surface area (Å²) < 4.78 is 1.40. The summed E-state index contributed by atoms with van der Waals surface area (Å²) in [5.41, 5.74) is 1.99. The van der Waals surface area contributed by atoms with Crippen LogP contribution < -0.4 is 10.5 Å². The molecule has 1 aliphatic rings. The molecule has 1 aliphatic heterocycles. The Bertz CT molecular complexity index is 944. The minimum Gasteiger partial charge on any atom is -0.311 e. The standard InChI is InChI=1S/C17H15N3O2S/c21-15(20-8-3-5-12-4-1-2-6-14(12)20)10-19-11-18-16-13(17(19)22)7-9-23-16/h1-2,4,6-7,9,11H,3,5,8,10H2. The third-order valence-electron chi connectivity index (χ3n) is 4.17. The zero-order chi connectivity index (χ0) is 15.8. The lowest BCUT2D eigenvalue weighted by Gasteiger charge is -2.29. The SMILES string of the molecule is O=C(Cn1cnc2sccc2c1=O)N1CCCc2ccccc21. The molecule has 0 saturated heterocycles. The molecule has 0 saturated carbocycles. The molecule has 0 atom stereocenters. The Morgan fingerprint density at radius 2 is 2.13 bits per heavy atom. The van der Waals surface area contributed by atoms with Crippen LogP contribution in [0.25, 0.3) is 10.2 Å². The monoisotopic (exact) mass is 325 g/mol. The van der Waals surface area contributed by atoms with Gasteiger partial charge in [0.05, 0.1) is 11.7 Å². The van der Waals surface area contributed by atoms with Crippen molar-refractivity contribution in [2.24, 2.45) is 0 Å². The van der Waals surface area contributed by atoms with E-state index in [-0.39, 0.29) is 18.0 Å². The maximum Gasteiger partial charge on any atom is 0.262 e. The van der Waals surface area contributed by atoms with Crippen LogP contribution in [0.15, 0.2) is 46.8 Å². The maximum atomic E-state index is 12.7. The molecule has 0 spiro atoms. The fourth-order valence-corrected chi connectivity index (χ4v) is 3.75. The van der Waals surface area contributed by atoms with Gasteiger partial charge in [-0.3, -0.25) is 14.2 Å². The normalized spacial score (nSPS) is 14.0. The van der Waals surface area contributed by atoms with Gasteiger partial charge in [0.2, 0.25) is 5.91 Å². The van der Waals surface area contributed by atoms with Crippen molar-refractivity contribution in [3.63, 3.8) is 0 Å². The molecule has 0 aliphatic carbocycles. The van der Waals surface area contributed by atoms with Crippen molar-refractivity contribution in [2.75, 3.05) is 11.4 Å². The first-order chi connectivity index (χ1) is 11.2. The van der Waals surface area contributed by atoms with Gasteiger partial charge in [-0.15, -0.1) is 11.3 Å². The largest absolute Gasteiger partial charge is 0.311 e. The molecule has 3 heterocycles. The first kappa shape index (κ1) is 14.1. The number of carbonyl (C=O) groups is 1. The topological polar surface area (TPSA) is 55.2 Å². The van der Waals surface area contributed by atoms with Gasteiger partial charge in [0.25, 0.3) is 5.56 Å². The van der Waals surface area contributed by atoms with Crippen LogP contribution in [0.4, 0.5) is 5.69 Å². The van der Waals surface area contributed by atoms with Crippen molar-refractivity contribution >= 4 is 33.1 Å². The number of nitrogens with zero attached hydrogens (tertiary/aromatic N) is 3. The van der Waals surface area contributed by atoms with Crippen molar-refractivity contribution < 1.29 is 4.79 Å². The number of thiophene rings is 1. The number of rotatable bonds is 2. The molecule has 116 valence electrons. The smallest absolute Gasteiger partial charge is 0.262 e. The number of carbonyl (C=O) groups excluding carboxylic acids is 1. The second-order valence-electron chi connectivity index (χ2n) is 5.59. The molecule has 6 heteroatoms. The van der Waals surface area contributed by atoms with Crippen LogP contribution in [0.2, 0.25) is 0 Å². The quantitative estimate of drug-likeness (QED) is 0.727.